The van der Waals surface area contributed by atoms with Crippen LogP contribution in [-0.2, 0) is 9.59 Å². The van der Waals surface area contributed by atoms with E-state index in [2.05, 4.69) is 5.32 Å². The molecular weight excluding hydrogens is 295 g/mol. The molecule has 9 heteroatoms. The molecule has 0 aliphatic carbocycles. The Balaban J connectivity index is 2.86. The minimum atomic E-state index is -1.40. The molecule has 0 fully saturated rings. The molecule has 0 atom stereocenters. The largest absolute Gasteiger partial charge is 0.480 e. The normalized spacial score (nSPS) is 9.90. The Morgan fingerprint density at radius 1 is 1.20 bits per heavy atom. The first kappa shape index (κ1) is 15.7. The van der Waals surface area contributed by atoms with Gasteiger partial charge in [-0.25, -0.2) is 9.18 Å². The molecule has 0 bridgehead atoms. The molecule has 0 saturated carbocycles. The highest BCUT2D eigenvalue weighted by molar-refractivity contribution is 6.30. The zero-order valence-electron chi connectivity index (χ0n) is 9.97. The number of amides is 2. The lowest BCUT2D eigenvalue weighted by molar-refractivity contribution is -0.140. The summed E-state index contributed by atoms with van der Waals surface area (Å²) in [6.45, 7) is -1.67. The third-order valence-electron chi connectivity index (χ3n) is 2.11. The zero-order valence-corrected chi connectivity index (χ0v) is 10.7. The summed E-state index contributed by atoms with van der Waals surface area (Å²) in [5.41, 5.74) is -0.275. The van der Waals surface area contributed by atoms with Crippen molar-refractivity contribution in [2.75, 3.05) is 18.4 Å². The molecule has 7 nitrogen and oxygen atoms in total. The Kier molecular flexibility index (Phi) is 5.27. The number of urea groups is 1. The Morgan fingerprint density at radius 2 is 1.75 bits per heavy atom. The van der Waals surface area contributed by atoms with Gasteiger partial charge < -0.3 is 20.4 Å². The number of carbonyl (C=O) groups is 3. The second-order valence-corrected chi connectivity index (χ2v) is 4.13. The van der Waals surface area contributed by atoms with Gasteiger partial charge in [0.05, 0.1) is 5.69 Å². The molecule has 2 amide bonds. The third-order valence-corrected chi connectivity index (χ3v) is 2.34. The van der Waals surface area contributed by atoms with Gasteiger partial charge in [-0.3, -0.25) is 9.59 Å². The van der Waals surface area contributed by atoms with E-state index >= 15 is 0 Å². The van der Waals surface area contributed by atoms with Crippen molar-refractivity contribution in [2.45, 2.75) is 0 Å². The van der Waals surface area contributed by atoms with Crippen LogP contribution in [0.15, 0.2) is 18.2 Å². The predicted molar refractivity (Wildman–Crippen MR) is 67.3 cm³/mol. The highest BCUT2D eigenvalue weighted by atomic mass is 35.5. The molecule has 0 aliphatic heterocycles. The number of carbonyl (C=O) groups excluding carboxylic acids is 1. The highest BCUT2D eigenvalue weighted by Crippen LogP contribution is 2.19. The van der Waals surface area contributed by atoms with Gasteiger partial charge in [0.25, 0.3) is 0 Å². The summed E-state index contributed by atoms with van der Waals surface area (Å²) in [5, 5.41) is 19.4. The maximum Gasteiger partial charge on any atom is 0.323 e. The number of hydrogen-bond acceptors (Lipinski definition) is 3. The van der Waals surface area contributed by atoms with Gasteiger partial charge >= 0.3 is 18.0 Å². The molecule has 1 rings (SSSR count). The van der Waals surface area contributed by atoms with Gasteiger partial charge in [-0.2, -0.15) is 0 Å². The van der Waals surface area contributed by atoms with Crippen LogP contribution in [0.3, 0.4) is 0 Å². The number of halogens is 2. The average molecular weight is 305 g/mol. The maximum atomic E-state index is 13.4. The second kappa shape index (κ2) is 6.71. The van der Waals surface area contributed by atoms with Crippen LogP contribution < -0.4 is 5.32 Å². The minimum absolute atomic E-state index is 0.157. The van der Waals surface area contributed by atoms with Crippen molar-refractivity contribution in [2.24, 2.45) is 0 Å². The lowest BCUT2D eigenvalue weighted by Crippen LogP contribution is -2.42. The topological polar surface area (TPSA) is 107 Å². The molecule has 0 spiro atoms. The van der Waals surface area contributed by atoms with Gasteiger partial charge in [-0.15, -0.1) is 0 Å². The first-order chi connectivity index (χ1) is 9.29. The minimum Gasteiger partial charge on any atom is -0.480 e. The number of carboxylic acids is 2. The van der Waals surface area contributed by atoms with Gasteiger partial charge in [0.2, 0.25) is 0 Å². The molecule has 1 aromatic rings. The number of benzene rings is 1. The van der Waals surface area contributed by atoms with Crippen molar-refractivity contribution in [3.8, 4) is 0 Å². The van der Waals surface area contributed by atoms with Crippen LogP contribution in [0.2, 0.25) is 5.02 Å². The SMILES string of the molecule is O=C(O)CN(CC(=O)O)C(=O)Nc1cc(Cl)ccc1F. The fourth-order valence-electron chi connectivity index (χ4n) is 1.31. The van der Waals surface area contributed by atoms with Crippen molar-refractivity contribution in [1.29, 1.82) is 0 Å². The lowest BCUT2D eigenvalue weighted by Gasteiger charge is -2.19. The monoisotopic (exact) mass is 304 g/mol. The van der Waals surface area contributed by atoms with Crippen LogP contribution in [0.25, 0.3) is 0 Å². The molecule has 0 unspecified atom stereocenters. The first-order valence-electron chi connectivity index (χ1n) is 5.24. The number of nitrogens with one attached hydrogen (secondary N) is 1. The van der Waals surface area contributed by atoms with Crippen molar-refractivity contribution in [1.82, 2.24) is 4.90 Å². The van der Waals surface area contributed by atoms with Crippen molar-refractivity contribution >= 4 is 35.3 Å². The van der Waals surface area contributed by atoms with Crippen molar-refractivity contribution in [3.63, 3.8) is 0 Å². The number of rotatable bonds is 5. The summed E-state index contributed by atoms with van der Waals surface area (Å²) in [6, 6.07) is 2.33. The average Bonchev–Trinajstić information content (AvgIpc) is 2.31. The number of carboxylic acid groups (broad SMARTS) is 2. The lowest BCUT2D eigenvalue weighted by atomic mass is 10.3. The van der Waals surface area contributed by atoms with Gasteiger partial charge in [0.15, 0.2) is 0 Å². The van der Waals surface area contributed by atoms with Crippen LogP contribution >= 0.6 is 11.6 Å². The number of anilines is 1. The van der Waals surface area contributed by atoms with Crippen molar-refractivity contribution < 1.29 is 29.0 Å². The van der Waals surface area contributed by atoms with E-state index in [9.17, 15) is 18.8 Å². The molecule has 0 radical (unpaired) electrons. The van der Waals surface area contributed by atoms with Crippen LogP contribution in [0, 0.1) is 5.82 Å². The standard InChI is InChI=1S/C11H10ClFN2O5/c12-6-1-2-7(13)8(3-6)14-11(20)15(4-9(16)17)5-10(18)19/h1-3H,4-5H2,(H,14,20)(H,16,17)(H,18,19). The van der Waals surface area contributed by atoms with Crippen molar-refractivity contribution in [3.05, 3.63) is 29.0 Å². The summed E-state index contributed by atoms with van der Waals surface area (Å²) in [7, 11) is 0. The summed E-state index contributed by atoms with van der Waals surface area (Å²) in [5.74, 6) is -3.57. The third kappa shape index (κ3) is 4.73. The Labute approximate surface area is 117 Å². The first-order valence-corrected chi connectivity index (χ1v) is 5.62. The molecule has 0 heterocycles. The van der Waals surface area contributed by atoms with E-state index in [-0.39, 0.29) is 10.7 Å². The van der Waals surface area contributed by atoms with Crippen LogP contribution in [0.5, 0.6) is 0 Å². The smallest absolute Gasteiger partial charge is 0.323 e. The number of hydrogen-bond donors (Lipinski definition) is 3. The fourth-order valence-corrected chi connectivity index (χ4v) is 1.49. The number of aliphatic carboxylic acids is 2. The van der Waals surface area contributed by atoms with Crippen LogP contribution in [-0.4, -0.2) is 46.2 Å². The molecule has 3 N–H and O–H groups in total. The maximum absolute atomic E-state index is 13.4. The van der Waals surface area contributed by atoms with E-state index in [4.69, 9.17) is 21.8 Å². The summed E-state index contributed by atoms with van der Waals surface area (Å²) >= 11 is 5.63. The summed E-state index contributed by atoms with van der Waals surface area (Å²) in [6.07, 6.45) is 0. The van der Waals surface area contributed by atoms with E-state index in [0.29, 0.717) is 4.90 Å². The molecule has 0 saturated heterocycles. The van der Waals surface area contributed by atoms with Gasteiger partial charge in [-0.05, 0) is 18.2 Å². The van der Waals surface area contributed by atoms with E-state index in [1.165, 1.54) is 6.07 Å². The Morgan fingerprint density at radius 3 is 2.25 bits per heavy atom. The molecule has 20 heavy (non-hydrogen) atoms. The summed E-state index contributed by atoms with van der Waals surface area (Å²) in [4.78, 5) is 33.3. The van der Waals surface area contributed by atoms with E-state index < -0.39 is 36.9 Å². The van der Waals surface area contributed by atoms with Gasteiger partial charge in [0, 0.05) is 5.02 Å². The zero-order chi connectivity index (χ0) is 15.3. The predicted octanol–water partition coefficient (Wildman–Crippen LogP) is 1.48. The Bertz CT molecular complexity index is 536. The molecule has 108 valence electrons. The van der Waals surface area contributed by atoms with E-state index in [1.807, 2.05) is 0 Å². The number of nitrogens with zero attached hydrogens (tertiary/aromatic N) is 1. The highest BCUT2D eigenvalue weighted by Gasteiger charge is 2.20. The second-order valence-electron chi connectivity index (χ2n) is 3.70. The summed E-state index contributed by atoms with van der Waals surface area (Å²) < 4.78 is 13.4. The Hall–Kier alpha value is -2.35. The molecule has 1 aromatic carbocycles. The molecule has 0 aliphatic rings. The van der Waals surface area contributed by atoms with Crippen LogP contribution in [0.4, 0.5) is 14.9 Å². The van der Waals surface area contributed by atoms with Crippen LogP contribution in [0.1, 0.15) is 0 Å². The van der Waals surface area contributed by atoms with Gasteiger partial charge in [0.1, 0.15) is 18.9 Å². The van der Waals surface area contributed by atoms with E-state index in [1.54, 1.807) is 0 Å². The van der Waals surface area contributed by atoms with E-state index in [0.717, 1.165) is 12.1 Å². The quantitative estimate of drug-likeness (QED) is 0.764. The fraction of sp³-hybridized carbons (Fsp3) is 0.182. The molecule has 0 aromatic heterocycles. The molecular formula is C11H10ClFN2O5. The van der Waals surface area contributed by atoms with Gasteiger partial charge in [-0.1, -0.05) is 11.6 Å².